The predicted octanol–water partition coefficient (Wildman–Crippen LogP) is 0.984. The summed E-state index contributed by atoms with van der Waals surface area (Å²) in [6.07, 6.45) is 0. The van der Waals surface area contributed by atoms with Gasteiger partial charge in [-0.15, -0.1) is 10.2 Å². The van der Waals surface area contributed by atoms with Crippen molar-refractivity contribution >= 4 is 11.8 Å². The number of nitriles is 1. The Balaban J connectivity index is 2.76. The summed E-state index contributed by atoms with van der Waals surface area (Å²) in [5.41, 5.74) is 0.274. The van der Waals surface area contributed by atoms with Crippen LogP contribution < -0.4 is 4.90 Å². The van der Waals surface area contributed by atoms with Crippen molar-refractivity contribution in [2.75, 3.05) is 25.1 Å². The second kappa shape index (κ2) is 6.55. The van der Waals surface area contributed by atoms with E-state index in [1.54, 1.807) is 19.1 Å². The number of nitrogens with zero attached hydrogens (tertiary/aromatic N) is 4. The number of carbonyl (C=O) groups is 1. The lowest BCUT2D eigenvalue weighted by Crippen LogP contribution is -2.33. The minimum Gasteiger partial charge on any atom is -0.469 e. The Hall–Kier alpha value is -2.16. The molecule has 0 bridgehead atoms. The summed E-state index contributed by atoms with van der Waals surface area (Å²) in [4.78, 5) is 13.3. The van der Waals surface area contributed by atoms with Crippen molar-refractivity contribution < 1.29 is 9.53 Å². The van der Waals surface area contributed by atoms with Crippen LogP contribution in [0.15, 0.2) is 12.1 Å². The molecule has 6 heteroatoms. The van der Waals surface area contributed by atoms with Crippen LogP contribution in [-0.2, 0) is 9.53 Å². The van der Waals surface area contributed by atoms with Crippen molar-refractivity contribution in [3.05, 3.63) is 17.8 Å². The molecule has 0 fully saturated rings. The zero-order valence-electron chi connectivity index (χ0n) is 10.8. The summed E-state index contributed by atoms with van der Waals surface area (Å²) in [6.45, 7) is 4.96. The average molecular weight is 248 g/mol. The summed E-state index contributed by atoms with van der Waals surface area (Å²) in [6, 6.07) is 5.24. The quantitative estimate of drug-likeness (QED) is 0.723. The van der Waals surface area contributed by atoms with Gasteiger partial charge in [-0.3, -0.25) is 4.79 Å². The van der Waals surface area contributed by atoms with Gasteiger partial charge in [-0.1, -0.05) is 6.92 Å². The molecule has 0 aliphatic carbocycles. The average Bonchev–Trinajstić information content (AvgIpc) is 2.43. The van der Waals surface area contributed by atoms with Crippen molar-refractivity contribution in [1.82, 2.24) is 10.2 Å². The van der Waals surface area contributed by atoms with Crippen molar-refractivity contribution in [3.8, 4) is 6.07 Å². The minimum absolute atomic E-state index is 0.243. The summed E-state index contributed by atoms with van der Waals surface area (Å²) < 4.78 is 4.69. The SMILES string of the molecule is CCN(CC(C)C(=O)OC)c1ccc(C#N)nn1. The molecule has 0 aliphatic rings. The van der Waals surface area contributed by atoms with Crippen LogP contribution in [0.5, 0.6) is 0 Å². The second-order valence-corrected chi connectivity index (χ2v) is 3.85. The molecule has 1 rings (SSSR count). The number of hydrogen-bond acceptors (Lipinski definition) is 6. The normalized spacial score (nSPS) is 11.4. The molecule has 96 valence electrons. The molecule has 1 aromatic rings. The van der Waals surface area contributed by atoms with Crippen LogP contribution in [0.3, 0.4) is 0 Å². The molecule has 18 heavy (non-hydrogen) atoms. The van der Waals surface area contributed by atoms with Crippen LogP contribution in [0.1, 0.15) is 19.5 Å². The van der Waals surface area contributed by atoms with E-state index < -0.39 is 0 Å². The van der Waals surface area contributed by atoms with Crippen LogP contribution in [0.2, 0.25) is 0 Å². The third-order valence-electron chi connectivity index (χ3n) is 2.57. The standard InChI is InChI=1S/C12H16N4O2/c1-4-16(8-9(2)12(17)18-3)11-6-5-10(7-13)14-15-11/h5-6,9H,4,8H2,1-3H3. The molecular formula is C12H16N4O2. The van der Waals surface area contributed by atoms with Gasteiger partial charge >= 0.3 is 5.97 Å². The molecule has 0 aromatic carbocycles. The predicted molar refractivity (Wildman–Crippen MR) is 65.8 cm³/mol. The van der Waals surface area contributed by atoms with E-state index in [9.17, 15) is 4.79 Å². The fraction of sp³-hybridized carbons (Fsp3) is 0.500. The lowest BCUT2D eigenvalue weighted by atomic mass is 10.1. The van der Waals surface area contributed by atoms with Crippen molar-refractivity contribution in [2.45, 2.75) is 13.8 Å². The monoisotopic (exact) mass is 248 g/mol. The molecule has 1 heterocycles. The van der Waals surface area contributed by atoms with Crippen molar-refractivity contribution in [2.24, 2.45) is 5.92 Å². The minimum atomic E-state index is -0.255. The molecule has 0 N–H and O–H groups in total. The highest BCUT2D eigenvalue weighted by atomic mass is 16.5. The maximum atomic E-state index is 11.4. The molecule has 0 saturated heterocycles. The van der Waals surface area contributed by atoms with Crippen LogP contribution in [0.25, 0.3) is 0 Å². The first-order valence-corrected chi connectivity index (χ1v) is 5.69. The number of carbonyl (C=O) groups excluding carboxylic acids is 1. The highest BCUT2D eigenvalue weighted by Gasteiger charge is 2.17. The fourth-order valence-corrected chi connectivity index (χ4v) is 1.54. The summed E-state index contributed by atoms with van der Waals surface area (Å²) in [5, 5.41) is 16.4. The van der Waals surface area contributed by atoms with E-state index in [1.165, 1.54) is 7.11 Å². The number of ether oxygens (including phenoxy) is 1. The molecule has 1 atom stereocenters. The fourth-order valence-electron chi connectivity index (χ4n) is 1.54. The number of anilines is 1. The van der Waals surface area contributed by atoms with E-state index in [1.807, 2.05) is 17.9 Å². The molecule has 0 spiro atoms. The Morgan fingerprint density at radius 1 is 1.56 bits per heavy atom. The largest absolute Gasteiger partial charge is 0.469 e. The third kappa shape index (κ3) is 3.42. The van der Waals surface area contributed by atoms with E-state index in [2.05, 4.69) is 14.9 Å². The zero-order valence-corrected chi connectivity index (χ0v) is 10.8. The van der Waals surface area contributed by atoms with Gasteiger partial charge < -0.3 is 9.64 Å². The molecule has 0 radical (unpaired) electrons. The van der Waals surface area contributed by atoms with Gasteiger partial charge in [0.05, 0.1) is 13.0 Å². The molecular weight excluding hydrogens is 232 g/mol. The highest BCUT2D eigenvalue weighted by Crippen LogP contribution is 2.12. The van der Waals surface area contributed by atoms with Crippen molar-refractivity contribution in [1.29, 1.82) is 5.26 Å². The molecule has 1 unspecified atom stereocenters. The van der Waals surface area contributed by atoms with Crippen molar-refractivity contribution in [3.63, 3.8) is 0 Å². The van der Waals surface area contributed by atoms with E-state index in [0.29, 0.717) is 18.9 Å². The van der Waals surface area contributed by atoms with Gasteiger partial charge in [0, 0.05) is 13.1 Å². The van der Waals surface area contributed by atoms with Gasteiger partial charge in [-0.05, 0) is 19.1 Å². The highest BCUT2D eigenvalue weighted by molar-refractivity contribution is 5.72. The van der Waals surface area contributed by atoms with Crippen LogP contribution in [0, 0.1) is 17.2 Å². The van der Waals surface area contributed by atoms with E-state index in [4.69, 9.17) is 5.26 Å². The van der Waals surface area contributed by atoms with Crippen LogP contribution in [-0.4, -0.2) is 36.4 Å². The third-order valence-corrected chi connectivity index (χ3v) is 2.57. The maximum absolute atomic E-state index is 11.4. The molecule has 0 aliphatic heterocycles. The number of esters is 1. The van der Waals surface area contributed by atoms with Gasteiger partial charge in [0.25, 0.3) is 0 Å². The Labute approximate surface area is 106 Å². The van der Waals surface area contributed by atoms with Crippen LogP contribution in [0.4, 0.5) is 5.82 Å². The number of methoxy groups -OCH3 is 1. The number of rotatable bonds is 5. The molecule has 1 aromatic heterocycles. The summed E-state index contributed by atoms with van der Waals surface area (Å²) in [7, 11) is 1.37. The number of hydrogen-bond donors (Lipinski definition) is 0. The summed E-state index contributed by atoms with van der Waals surface area (Å²) in [5.74, 6) is 0.148. The molecule has 0 saturated carbocycles. The first kappa shape index (κ1) is 13.9. The lowest BCUT2D eigenvalue weighted by Gasteiger charge is -2.23. The first-order valence-electron chi connectivity index (χ1n) is 5.69. The van der Waals surface area contributed by atoms with E-state index in [-0.39, 0.29) is 17.6 Å². The summed E-state index contributed by atoms with van der Waals surface area (Å²) >= 11 is 0. The van der Waals surface area contributed by atoms with Crippen LogP contribution >= 0.6 is 0 Å². The van der Waals surface area contributed by atoms with Gasteiger partial charge in [0.15, 0.2) is 11.5 Å². The molecule has 6 nitrogen and oxygen atoms in total. The smallest absolute Gasteiger partial charge is 0.310 e. The Morgan fingerprint density at radius 3 is 2.72 bits per heavy atom. The second-order valence-electron chi connectivity index (χ2n) is 3.85. The van der Waals surface area contributed by atoms with E-state index >= 15 is 0 Å². The Kier molecular flexibility index (Phi) is 5.06. The molecule has 0 amide bonds. The topological polar surface area (TPSA) is 79.1 Å². The lowest BCUT2D eigenvalue weighted by molar-refractivity contribution is -0.144. The zero-order chi connectivity index (χ0) is 13.5. The maximum Gasteiger partial charge on any atom is 0.310 e. The van der Waals surface area contributed by atoms with Gasteiger partial charge in [0.1, 0.15) is 6.07 Å². The first-order chi connectivity index (χ1) is 8.62. The Morgan fingerprint density at radius 2 is 2.28 bits per heavy atom. The van der Waals surface area contributed by atoms with Gasteiger partial charge in [-0.2, -0.15) is 5.26 Å². The van der Waals surface area contributed by atoms with Gasteiger partial charge in [-0.25, -0.2) is 0 Å². The van der Waals surface area contributed by atoms with Gasteiger partial charge in [0.2, 0.25) is 0 Å². The Bertz CT molecular complexity index is 438. The number of aromatic nitrogens is 2. The van der Waals surface area contributed by atoms with E-state index in [0.717, 1.165) is 0 Å².